The molecule has 1 aliphatic heterocycles. The highest BCUT2D eigenvalue weighted by Gasteiger charge is 2.29. The van der Waals surface area contributed by atoms with Crippen molar-refractivity contribution in [2.45, 2.75) is 13.3 Å². The van der Waals surface area contributed by atoms with Gasteiger partial charge >= 0.3 is 0 Å². The number of amides is 2. The number of rotatable bonds is 6. The Balaban J connectivity index is 1.95. The van der Waals surface area contributed by atoms with Crippen LogP contribution < -0.4 is 15.2 Å². The first-order valence-corrected chi connectivity index (χ1v) is 7.55. The van der Waals surface area contributed by atoms with E-state index in [1.165, 1.54) is 0 Å². The predicted molar refractivity (Wildman–Crippen MR) is 87.1 cm³/mol. The van der Waals surface area contributed by atoms with Crippen molar-refractivity contribution in [1.29, 1.82) is 0 Å². The first kappa shape index (κ1) is 16.9. The van der Waals surface area contributed by atoms with E-state index in [1.807, 2.05) is 31.2 Å². The second-order valence-electron chi connectivity index (χ2n) is 5.43. The second-order valence-corrected chi connectivity index (χ2v) is 5.43. The van der Waals surface area contributed by atoms with Crippen molar-refractivity contribution in [1.82, 2.24) is 4.90 Å². The average Bonchev–Trinajstić information content (AvgIpc) is 3.03. The Morgan fingerprint density at radius 3 is 2.78 bits per heavy atom. The van der Waals surface area contributed by atoms with Crippen LogP contribution in [-0.2, 0) is 9.59 Å². The van der Waals surface area contributed by atoms with Gasteiger partial charge in [0.05, 0.1) is 13.0 Å². The van der Waals surface area contributed by atoms with E-state index < -0.39 is 0 Å². The third kappa shape index (κ3) is 4.25. The molecule has 1 heterocycles. The molecule has 23 heavy (non-hydrogen) atoms. The van der Waals surface area contributed by atoms with Gasteiger partial charge in [-0.05, 0) is 31.0 Å². The Kier molecular flexibility index (Phi) is 5.62. The molecule has 2 N–H and O–H groups in total. The van der Waals surface area contributed by atoms with Gasteiger partial charge in [-0.15, -0.1) is 0 Å². The van der Waals surface area contributed by atoms with E-state index >= 15 is 0 Å². The quantitative estimate of drug-likeness (QED) is 0.860. The summed E-state index contributed by atoms with van der Waals surface area (Å²) in [5.74, 6) is 0.314. The van der Waals surface area contributed by atoms with Crippen LogP contribution in [0.1, 0.15) is 18.9 Å². The lowest BCUT2D eigenvalue weighted by molar-refractivity contribution is -0.132. The molecule has 0 bridgehead atoms. The Labute approximate surface area is 135 Å². The molecule has 1 aromatic rings. The van der Waals surface area contributed by atoms with E-state index in [9.17, 15) is 9.59 Å². The molecule has 0 unspecified atom stereocenters. The van der Waals surface area contributed by atoms with Crippen molar-refractivity contribution in [3.05, 3.63) is 29.8 Å². The van der Waals surface area contributed by atoms with E-state index in [0.717, 1.165) is 5.56 Å². The van der Waals surface area contributed by atoms with E-state index in [4.69, 9.17) is 15.2 Å². The molecule has 2 rings (SSSR count). The zero-order valence-electron chi connectivity index (χ0n) is 13.5. The van der Waals surface area contributed by atoms with Crippen LogP contribution in [-0.4, -0.2) is 43.5 Å². The molecule has 6 heteroatoms. The fourth-order valence-electron chi connectivity index (χ4n) is 2.55. The molecule has 0 saturated carbocycles. The standard InChI is InChI=1S/C17H22N2O4/c1-3-4-12-5-6-14(15(9-12)22-2)23-11-16(20)19-8-7-13(10-19)17(18)21/h3-6,9,13H,7-8,10-11H2,1-2H3,(H2,18,21)/b4-3+/t13-/m0/s1. The van der Waals surface area contributed by atoms with Gasteiger partial charge in [0.15, 0.2) is 18.1 Å². The van der Waals surface area contributed by atoms with Gasteiger partial charge in [0, 0.05) is 13.1 Å². The summed E-state index contributed by atoms with van der Waals surface area (Å²) in [6, 6.07) is 5.51. The van der Waals surface area contributed by atoms with E-state index in [0.29, 0.717) is 31.0 Å². The summed E-state index contributed by atoms with van der Waals surface area (Å²) in [5, 5.41) is 0. The molecule has 6 nitrogen and oxygen atoms in total. The third-order valence-corrected chi connectivity index (χ3v) is 3.84. The smallest absolute Gasteiger partial charge is 0.260 e. The number of ether oxygens (including phenoxy) is 2. The lowest BCUT2D eigenvalue weighted by atomic mass is 10.1. The van der Waals surface area contributed by atoms with Gasteiger partial charge < -0.3 is 20.1 Å². The van der Waals surface area contributed by atoms with Crippen LogP contribution in [0.2, 0.25) is 0 Å². The molecule has 1 aliphatic rings. The van der Waals surface area contributed by atoms with Gasteiger partial charge in [-0.1, -0.05) is 18.2 Å². The number of primary amides is 1. The van der Waals surface area contributed by atoms with Crippen molar-refractivity contribution < 1.29 is 19.1 Å². The number of allylic oxidation sites excluding steroid dienone is 1. The molecule has 0 aliphatic carbocycles. The fourth-order valence-corrected chi connectivity index (χ4v) is 2.55. The zero-order chi connectivity index (χ0) is 16.8. The van der Waals surface area contributed by atoms with Gasteiger partial charge in [-0.3, -0.25) is 9.59 Å². The summed E-state index contributed by atoms with van der Waals surface area (Å²) in [6.07, 6.45) is 4.50. The van der Waals surface area contributed by atoms with Crippen molar-refractivity contribution in [3.63, 3.8) is 0 Å². The molecule has 1 atom stereocenters. The van der Waals surface area contributed by atoms with Crippen molar-refractivity contribution >= 4 is 17.9 Å². The molecular formula is C17H22N2O4. The fraction of sp³-hybridized carbons (Fsp3) is 0.412. The van der Waals surface area contributed by atoms with Crippen LogP contribution in [0, 0.1) is 5.92 Å². The number of nitrogens with zero attached hydrogens (tertiary/aromatic N) is 1. The van der Waals surface area contributed by atoms with E-state index in [1.54, 1.807) is 18.1 Å². The number of likely N-dealkylation sites (tertiary alicyclic amines) is 1. The Morgan fingerprint density at radius 2 is 2.17 bits per heavy atom. The largest absolute Gasteiger partial charge is 0.493 e. The highest BCUT2D eigenvalue weighted by atomic mass is 16.5. The Hall–Kier alpha value is -2.50. The number of carbonyl (C=O) groups is 2. The molecular weight excluding hydrogens is 296 g/mol. The Bertz CT molecular complexity index is 613. The molecule has 124 valence electrons. The minimum atomic E-state index is -0.359. The molecule has 1 fully saturated rings. The average molecular weight is 318 g/mol. The predicted octanol–water partition coefficient (Wildman–Crippen LogP) is 1.44. The summed E-state index contributed by atoms with van der Waals surface area (Å²) < 4.78 is 10.9. The first-order chi connectivity index (χ1) is 11.0. The normalized spacial score (nSPS) is 17.5. The number of hydrogen-bond donors (Lipinski definition) is 1. The maximum Gasteiger partial charge on any atom is 0.260 e. The molecule has 0 aromatic heterocycles. The minimum Gasteiger partial charge on any atom is -0.493 e. The Morgan fingerprint density at radius 1 is 1.39 bits per heavy atom. The van der Waals surface area contributed by atoms with Crippen molar-refractivity contribution in [3.8, 4) is 11.5 Å². The second kappa shape index (κ2) is 7.67. The third-order valence-electron chi connectivity index (χ3n) is 3.84. The summed E-state index contributed by atoms with van der Waals surface area (Å²) in [4.78, 5) is 24.9. The number of nitrogens with two attached hydrogens (primary N) is 1. The first-order valence-electron chi connectivity index (χ1n) is 7.55. The van der Waals surface area contributed by atoms with Crippen LogP contribution in [0.15, 0.2) is 24.3 Å². The van der Waals surface area contributed by atoms with Crippen LogP contribution in [0.4, 0.5) is 0 Å². The van der Waals surface area contributed by atoms with Gasteiger partial charge in [-0.2, -0.15) is 0 Å². The maximum absolute atomic E-state index is 12.2. The SMILES string of the molecule is C/C=C/c1ccc(OCC(=O)N2CC[C@H](C(N)=O)C2)c(OC)c1. The van der Waals surface area contributed by atoms with E-state index in [-0.39, 0.29) is 24.3 Å². The summed E-state index contributed by atoms with van der Waals surface area (Å²) in [5.41, 5.74) is 6.26. The lowest BCUT2D eigenvalue weighted by Gasteiger charge is -2.17. The van der Waals surface area contributed by atoms with Crippen LogP contribution in [0.3, 0.4) is 0 Å². The van der Waals surface area contributed by atoms with E-state index in [2.05, 4.69) is 0 Å². The maximum atomic E-state index is 12.2. The molecule has 0 spiro atoms. The van der Waals surface area contributed by atoms with Crippen LogP contribution in [0.5, 0.6) is 11.5 Å². The number of hydrogen-bond acceptors (Lipinski definition) is 4. The van der Waals surface area contributed by atoms with Gasteiger partial charge in [0.1, 0.15) is 0 Å². The molecule has 1 aromatic carbocycles. The summed E-state index contributed by atoms with van der Waals surface area (Å²) in [7, 11) is 1.56. The summed E-state index contributed by atoms with van der Waals surface area (Å²) in [6.45, 7) is 2.75. The van der Waals surface area contributed by atoms with Crippen LogP contribution in [0.25, 0.3) is 6.08 Å². The summed E-state index contributed by atoms with van der Waals surface area (Å²) >= 11 is 0. The lowest BCUT2D eigenvalue weighted by Crippen LogP contribution is -2.34. The number of benzene rings is 1. The molecule has 0 radical (unpaired) electrons. The van der Waals surface area contributed by atoms with Gasteiger partial charge in [0.2, 0.25) is 5.91 Å². The highest BCUT2D eigenvalue weighted by molar-refractivity contribution is 5.81. The number of carbonyl (C=O) groups excluding carboxylic acids is 2. The van der Waals surface area contributed by atoms with Gasteiger partial charge in [-0.25, -0.2) is 0 Å². The van der Waals surface area contributed by atoms with Crippen molar-refractivity contribution in [2.75, 3.05) is 26.8 Å². The minimum absolute atomic E-state index is 0.0925. The van der Waals surface area contributed by atoms with Gasteiger partial charge in [0.25, 0.3) is 5.91 Å². The van der Waals surface area contributed by atoms with Crippen molar-refractivity contribution in [2.24, 2.45) is 11.7 Å². The zero-order valence-corrected chi connectivity index (χ0v) is 13.5. The highest BCUT2D eigenvalue weighted by Crippen LogP contribution is 2.28. The molecule has 1 saturated heterocycles. The molecule has 2 amide bonds. The van der Waals surface area contributed by atoms with Crippen LogP contribution >= 0.6 is 0 Å². The topological polar surface area (TPSA) is 81.9 Å². The number of methoxy groups -OCH3 is 1. The monoisotopic (exact) mass is 318 g/mol.